The molecular formula is C14H23N3O3S. The first-order valence-corrected chi connectivity index (χ1v) is 8.38. The standard InChI is InChI=1S/C14H23N3O3S/c1-4-14(3,10-15)13(18)17-11-6-8-12(9-7-11)21(19,20)16-5-2/h6-9,16H,4-5,10,15H2,1-3H3,(H,17,18). The van der Waals surface area contributed by atoms with E-state index in [1.54, 1.807) is 26.0 Å². The van der Waals surface area contributed by atoms with Crippen molar-refractivity contribution in [3.63, 3.8) is 0 Å². The number of carbonyl (C=O) groups is 1. The average Bonchev–Trinajstić information content (AvgIpc) is 2.46. The molecule has 21 heavy (non-hydrogen) atoms. The number of benzene rings is 1. The predicted octanol–water partition coefficient (Wildman–Crippen LogP) is 1.30. The summed E-state index contributed by atoms with van der Waals surface area (Å²) in [7, 11) is -3.48. The number of carbonyl (C=O) groups excluding carboxylic acids is 1. The molecule has 0 saturated heterocycles. The molecule has 0 heterocycles. The third-order valence-corrected chi connectivity index (χ3v) is 5.10. The molecule has 1 aromatic rings. The van der Waals surface area contributed by atoms with E-state index in [1.165, 1.54) is 12.1 Å². The number of rotatable bonds is 7. The smallest absolute Gasteiger partial charge is 0.240 e. The second-order valence-corrected chi connectivity index (χ2v) is 6.87. The maximum Gasteiger partial charge on any atom is 0.240 e. The third-order valence-electron chi connectivity index (χ3n) is 3.54. The molecular weight excluding hydrogens is 290 g/mol. The molecule has 7 heteroatoms. The van der Waals surface area contributed by atoms with Gasteiger partial charge in [0.05, 0.1) is 10.3 Å². The minimum absolute atomic E-state index is 0.166. The summed E-state index contributed by atoms with van der Waals surface area (Å²) in [6.07, 6.45) is 0.627. The van der Waals surface area contributed by atoms with Crippen LogP contribution in [0.4, 0.5) is 5.69 Å². The van der Waals surface area contributed by atoms with Gasteiger partial charge in [-0.2, -0.15) is 0 Å². The summed E-state index contributed by atoms with van der Waals surface area (Å²) in [6.45, 7) is 5.99. The van der Waals surface area contributed by atoms with Crippen molar-refractivity contribution in [2.75, 3.05) is 18.4 Å². The number of sulfonamides is 1. The van der Waals surface area contributed by atoms with E-state index in [-0.39, 0.29) is 17.3 Å². The molecule has 4 N–H and O–H groups in total. The third kappa shape index (κ3) is 4.26. The van der Waals surface area contributed by atoms with E-state index in [1.807, 2.05) is 6.92 Å². The highest BCUT2D eigenvalue weighted by atomic mass is 32.2. The Balaban J connectivity index is 2.87. The van der Waals surface area contributed by atoms with E-state index < -0.39 is 15.4 Å². The quantitative estimate of drug-likeness (QED) is 0.706. The zero-order valence-corrected chi connectivity index (χ0v) is 13.5. The first-order chi connectivity index (χ1) is 9.79. The van der Waals surface area contributed by atoms with Crippen molar-refractivity contribution < 1.29 is 13.2 Å². The number of hydrogen-bond acceptors (Lipinski definition) is 4. The number of nitrogens with two attached hydrogens (primary N) is 1. The lowest BCUT2D eigenvalue weighted by Gasteiger charge is -2.24. The second-order valence-electron chi connectivity index (χ2n) is 5.10. The van der Waals surface area contributed by atoms with Crippen molar-refractivity contribution in [3.05, 3.63) is 24.3 Å². The van der Waals surface area contributed by atoms with Crippen LogP contribution in [0.1, 0.15) is 27.2 Å². The highest BCUT2D eigenvalue weighted by Gasteiger charge is 2.29. The molecule has 1 unspecified atom stereocenters. The highest BCUT2D eigenvalue weighted by molar-refractivity contribution is 7.89. The van der Waals surface area contributed by atoms with Crippen molar-refractivity contribution in [1.29, 1.82) is 0 Å². The SMILES string of the molecule is CCNS(=O)(=O)c1ccc(NC(=O)C(C)(CC)CN)cc1. The summed E-state index contributed by atoms with van der Waals surface area (Å²) in [5.74, 6) is -0.171. The van der Waals surface area contributed by atoms with Gasteiger partial charge in [-0.15, -0.1) is 0 Å². The topological polar surface area (TPSA) is 101 Å². The Kier molecular flexibility index (Phi) is 5.88. The molecule has 0 aromatic heterocycles. The fourth-order valence-corrected chi connectivity index (χ4v) is 2.71. The summed E-state index contributed by atoms with van der Waals surface area (Å²) in [5, 5.41) is 2.76. The zero-order valence-electron chi connectivity index (χ0n) is 12.6. The van der Waals surface area contributed by atoms with Crippen LogP contribution in [-0.4, -0.2) is 27.4 Å². The second kappa shape index (κ2) is 7.02. The number of hydrogen-bond donors (Lipinski definition) is 3. The molecule has 1 atom stereocenters. The van der Waals surface area contributed by atoms with E-state index in [0.717, 1.165) is 0 Å². The van der Waals surface area contributed by atoms with E-state index in [2.05, 4.69) is 10.0 Å². The zero-order chi connectivity index (χ0) is 16.1. The van der Waals surface area contributed by atoms with Crippen molar-refractivity contribution >= 4 is 21.6 Å². The predicted molar refractivity (Wildman–Crippen MR) is 83.4 cm³/mol. The molecule has 0 aliphatic heterocycles. The highest BCUT2D eigenvalue weighted by Crippen LogP contribution is 2.22. The molecule has 0 aliphatic carbocycles. The molecule has 0 spiro atoms. The lowest BCUT2D eigenvalue weighted by molar-refractivity contribution is -0.124. The van der Waals surface area contributed by atoms with Gasteiger partial charge >= 0.3 is 0 Å². The molecule has 1 rings (SSSR count). The minimum Gasteiger partial charge on any atom is -0.329 e. The Morgan fingerprint density at radius 2 is 1.81 bits per heavy atom. The maximum absolute atomic E-state index is 12.2. The average molecular weight is 313 g/mol. The first-order valence-electron chi connectivity index (χ1n) is 6.90. The van der Waals surface area contributed by atoms with Gasteiger partial charge in [0.25, 0.3) is 0 Å². The lowest BCUT2D eigenvalue weighted by atomic mass is 9.86. The van der Waals surface area contributed by atoms with Gasteiger partial charge in [-0.25, -0.2) is 13.1 Å². The summed E-state index contributed by atoms with van der Waals surface area (Å²) >= 11 is 0. The minimum atomic E-state index is -3.48. The van der Waals surface area contributed by atoms with Gasteiger partial charge in [0, 0.05) is 18.8 Å². The molecule has 0 saturated carbocycles. The normalized spacial score (nSPS) is 14.5. The summed E-state index contributed by atoms with van der Waals surface area (Å²) in [4.78, 5) is 12.3. The van der Waals surface area contributed by atoms with Gasteiger partial charge in [-0.05, 0) is 37.6 Å². The van der Waals surface area contributed by atoms with Gasteiger partial charge in [-0.3, -0.25) is 4.79 Å². The summed E-state index contributed by atoms with van der Waals surface area (Å²) in [6, 6.07) is 6.04. The molecule has 6 nitrogen and oxygen atoms in total. The van der Waals surface area contributed by atoms with Crippen LogP contribution < -0.4 is 15.8 Å². The molecule has 0 radical (unpaired) electrons. The van der Waals surface area contributed by atoms with E-state index in [9.17, 15) is 13.2 Å². The van der Waals surface area contributed by atoms with E-state index >= 15 is 0 Å². The van der Waals surface area contributed by atoms with Crippen LogP contribution in [0.15, 0.2) is 29.2 Å². The Bertz CT molecular complexity index is 578. The Labute approximate surface area is 126 Å². The number of anilines is 1. The van der Waals surface area contributed by atoms with E-state index in [0.29, 0.717) is 18.7 Å². The van der Waals surface area contributed by atoms with Crippen LogP contribution in [0, 0.1) is 5.41 Å². The molecule has 1 aromatic carbocycles. The molecule has 0 aliphatic rings. The van der Waals surface area contributed by atoms with Crippen LogP contribution in [0.3, 0.4) is 0 Å². The van der Waals surface area contributed by atoms with Crippen LogP contribution in [0.25, 0.3) is 0 Å². The number of nitrogens with one attached hydrogen (secondary N) is 2. The van der Waals surface area contributed by atoms with Crippen LogP contribution >= 0.6 is 0 Å². The van der Waals surface area contributed by atoms with Crippen molar-refractivity contribution in [1.82, 2.24) is 4.72 Å². The molecule has 0 fully saturated rings. The van der Waals surface area contributed by atoms with Gasteiger partial charge in [0.1, 0.15) is 0 Å². The Morgan fingerprint density at radius 1 is 1.24 bits per heavy atom. The van der Waals surface area contributed by atoms with Crippen LogP contribution in [0.5, 0.6) is 0 Å². The van der Waals surface area contributed by atoms with Crippen molar-refractivity contribution in [2.45, 2.75) is 32.1 Å². The number of amides is 1. The van der Waals surface area contributed by atoms with Crippen LogP contribution in [-0.2, 0) is 14.8 Å². The molecule has 1 amide bonds. The maximum atomic E-state index is 12.2. The fourth-order valence-electron chi connectivity index (χ4n) is 1.67. The monoisotopic (exact) mass is 313 g/mol. The Hall–Kier alpha value is -1.44. The van der Waals surface area contributed by atoms with Crippen LogP contribution in [0.2, 0.25) is 0 Å². The van der Waals surface area contributed by atoms with Gasteiger partial charge in [0.15, 0.2) is 0 Å². The lowest BCUT2D eigenvalue weighted by Crippen LogP contribution is -2.39. The summed E-state index contributed by atoms with van der Waals surface area (Å²) in [5.41, 5.74) is 5.55. The van der Waals surface area contributed by atoms with E-state index in [4.69, 9.17) is 5.73 Å². The Morgan fingerprint density at radius 3 is 2.24 bits per heavy atom. The fraction of sp³-hybridized carbons (Fsp3) is 0.500. The van der Waals surface area contributed by atoms with Gasteiger partial charge in [-0.1, -0.05) is 13.8 Å². The van der Waals surface area contributed by atoms with Crippen molar-refractivity contribution in [2.24, 2.45) is 11.1 Å². The largest absolute Gasteiger partial charge is 0.329 e. The van der Waals surface area contributed by atoms with Crippen molar-refractivity contribution in [3.8, 4) is 0 Å². The molecule has 118 valence electrons. The van der Waals surface area contributed by atoms with Gasteiger partial charge < -0.3 is 11.1 Å². The molecule has 0 bridgehead atoms. The summed E-state index contributed by atoms with van der Waals surface area (Å²) < 4.78 is 26.0. The first kappa shape index (κ1) is 17.6. The van der Waals surface area contributed by atoms with Gasteiger partial charge in [0.2, 0.25) is 15.9 Å².